The van der Waals surface area contributed by atoms with E-state index in [0.29, 0.717) is 11.6 Å². The number of nitrogens with zero attached hydrogens (tertiary/aromatic N) is 4. The van der Waals surface area contributed by atoms with Crippen LogP contribution < -0.4 is 0 Å². The van der Waals surface area contributed by atoms with Gasteiger partial charge in [0.25, 0.3) is 0 Å². The van der Waals surface area contributed by atoms with Crippen molar-refractivity contribution >= 4 is 5.78 Å². The van der Waals surface area contributed by atoms with Crippen LogP contribution in [0.4, 0.5) is 0 Å². The summed E-state index contributed by atoms with van der Waals surface area (Å²) in [5.74, 6) is 0.977. The number of Topliss-reactive ketones (excluding diaryl/α,β-unsaturated/α-hetero) is 1. The van der Waals surface area contributed by atoms with Gasteiger partial charge in [0, 0.05) is 18.9 Å². The maximum atomic E-state index is 11.8. The van der Waals surface area contributed by atoms with Crippen molar-refractivity contribution < 1.29 is 4.79 Å². The van der Waals surface area contributed by atoms with E-state index in [2.05, 4.69) is 27.0 Å². The fourth-order valence-corrected chi connectivity index (χ4v) is 1.47. The molecular formula is C10H13N5O. The summed E-state index contributed by atoms with van der Waals surface area (Å²) in [6.07, 6.45) is 5.85. The van der Waals surface area contributed by atoms with Gasteiger partial charge in [-0.1, -0.05) is 6.92 Å². The highest BCUT2D eigenvalue weighted by Gasteiger charge is 2.13. The number of aromatic nitrogens is 5. The molecule has 0 fully saturated rings. The van der Waals surface area contributed by atoms with Gasteiger partial charge in [-0.15, -0.1) is 0 Å². The van der Waals surface area contributed by atoms with Crippen LogP contribution >= 0.6 is 0 Å². The molecule has 0 aliphatic carbocycles. The van der Waals surface area contributed by atoms with Crippen molar-refractivity contribution in [2.24, 2.45) is 0 Å². The maximum absolute atomic E-state index is 11.8. The molecule has 2 aromatic rings. The molecule has 6 nitrogen and oxygen atoms in total. The molecule has 0 aliphatic heterocycles. The molecule has 16 heavy (non-hydrogen) atoms. The lowest BCUT2D eigenvalue weighted by molar-refractivity contribution is 0.0980. The van der Waals surface area contributed by atoms with E-state index in [-0.39, 0.29) is 12.2 Å². The fourth-order valence-electron chi connectivity index (χ4n) is 1.47. The number of hydrogen-bond acceptors (Lipinski definition) is 4. The minimum Gasteiger partial charge on any atom is -0.342 e. The smallest absolute Gasteiger partial charge is 0.205 e. The molecule has 0 amide bonds. The molecule has 2 rings (SSSR count). The molecule has 0 unspecified atom stereocenters. The Labute approximate surface area is 92.7 Å². The van der Waals surface area contributed by atoms with Crippen LogP contribution in [-0.4, -0.2) is 30.5 Å². The minimum absolute atomic E-state index is 0.0737. The zero-order valence-electron chi connectivity index (χ0n) is 9.05. The summed E-state index contributed by atoms with van der Waals surface area (Å²) in [6.45, 7) is 2.83. The number of aryl methyl sites for hydroxylation is 1. The van der Waals surface area contributed by atoms with Crippen molar-refractivity contribution in [2.45, 2.75) is 26.3 Å². The van der Waals surface area contributed by atoms with Gasteiger partial charge in [-0.3, -0.25) is 4.79 Å². The predicted octanol–water partition coefficient (Wildman–Crippen LogP) is 0.837. The van der Waals surface area contributed by atoms with Crippen LogP contribution in [0, 0.1) is 0 Å². The number of carbonyl (C=O) groups excluding carboxylic acids is 1. The number of carbonyl (C=O) groups is 1. The lowest BCUT2D eigenvalue weighted by atomic mass is 10.2. The largest absolute Gasteiger partial charge is 0.342 e. The molecule has 84 valence electrons. The zero-order chi connectivity index (χ0) is 11.4. The van der Waals surface area contributed by atoms with Gasteiger partial charge in [-0.05, 0) is 6.42 Å². The molecule has 0 radical (unpaired) electrons. The van der Waals surface area contributed by atoms with E-state index in [1.54, 1.807) is 17.1 Å². The van der Waals surface area contributed by atoms with Crippen LogP contribution in [0.5, 0.6) is 0 Å². The van der Waals surface area contributed by atoms with Crippen LogP contribution in [0.3, 0.4) is 0 Å². The normalized spacial score (nSPS) is 10.6. The highest BCUT2D eigenvalue weighted by molar-refractivity contribution is 5.93. The Kier molecular flexibility index (Phi) is 3.09. The Hall–Kier alpha value is -1.98. The van der Waals surface area contributed by atoms with Gasteiger partial charge in [-0.25, -0.2) is 14.6 Å². The van der Waals surface area contributed by atoms with Gasteiger partial charge in [0.15, 0.2) is 5.82 Å². The minimum atomic E-state index is -0.0737. The first-order valence-corrected chi connectivity index (χ1v) is 5.20. The van der Waals surface area contributed by atoms with E-state index in [4.69, 9.17) is 0 Å². The molecule has 0 saturated heterocycles. The van der Waals surface area contributed by atoms with Gasteiger partial charge in [-0.2, -0.15) is 5.10 Å². The first-order chi connectivity index (χ1) is 7.81. The zero-order valence-corrected chi connectivity index (χ0v) is 9.05. The summed E-state index contributed by atoms with van der Waals surface area (Å²) >= 11 is 0. The van der Waals surface area contributed by atoms with Gasteiger partial charge >= 0.3 is 0 Å². The molecule has 0 bridgehead atoms. The molecule has 2 heterocycles. The van der Waals surface area contributed by atoms with Crippen LogP contribution in [-0.2, 0) is 13.0 Å². The maximum Gasteiger partial charge on any atom is 0.205 e. The van der Waals surface area contributed by atoms with Crippen molar-refractivity contribution in [1.82, 2.24) is 24.7 Å². The van der Waals surface area contributed by atoms with E-state index in [0.717, 1.165) is 13.0 Å². The van der Waals surface area contributed by atoms with Crippen molar-refractivity contribution in [3.8, 4) is 0 Å². The third-order valence-corrected chi connectivity index (χ3v) is 2.21. The predicted molar refractivity (Wildman–Crippen MR) is 56.9 cm³/mol. The first kappa shape index (κ1) is 10.5. The van der Waals surface area contributed by atoms with Crippen molar-refractivity contribution in [3.63, 3.8) is 0 Å². The molecule has 0 spiro atoms. The van der Waals surface area contributed by atoms with E-state index in [1.165, 1.54) is 6.33 Å². The molecule has 0 atom stereocenters. The Balaban J connectivity index is 2.09. The van der Waals surface area contributed by atoms with E-state index in [1.807, 2.05) is 0 Å². The number of hydrogen-bond donors (Lipinski definition) is 1. The third kappa shape index (κ3) is 2.16. The van der Waals surface area contributed by atoms with E-state index >= 15 is 0 Å². The summed E-state index contributed by atoms with van der Waals surface area (Å²) in [4.78, 5) is 22.5. The standard InChI is InChI=1S/C10H13N5O/c1-2-5-15-9(13-7-14-15)6-8(16)10-11-3-4-12-10/h3-4,7H,2,5-6H2,1H3,(H,11,12). The number of H-pyrrole nitrogens is 1. The molecular weight excluding hydrogens is 206 g/mol. The number of ketones is 1. The Morgan fingerprint density at radius 1 is 1.50 bits per heavy atom. The average Bonchev–Trinajstić information content (AvgIpc) is 2.90. The highest BCUT2D eigenvalue weighted by Crippen LogP contribution is 2.02. The molecule has 0 aliphatic rings. The van der Waals surface area contributed by atoms with E-state index in [9.17, 15) is 4.79 Å². The lowest BCUT2D eigenvalue weighted by Gasteiger charge is -2.02. The summed E-state index contributed by atoms with van der Waals surface area (Å²) in [5, 5.41) is 4.06. The SMILES string of the molecule is CCCn1ncnc1CC(=O)c1ncc[nH]1. The number of nitrogens with one attached hydrogen (secondary N) is 1. The lowest BCUT2D eigenvalue weighted by Crippen LogP contribution is -2.12. The second-order valence-corrected chi connectivity index (χ2v) is 3.44. The summed E-state index contributed by atoms with van der Waals surface area (Å²) in [5.41, 5.74) is 0. The molecule has 2 aromatic heterocycles. The topological polar surface area (TPSA) is 76.5 Å². The van der Waals surface area contributed by atoms with Crippen LogP contribution in [0.25, 0.3) is 0 Å². The average molecular weight is 219 g/mol. The Morgan fingerprint density at radius 2 is 2.38 bits per heavy atom. The van der Waals surface area contributed by atoms with Gasteiger partial charge < -0.3 is 4.98 Å². The van der Waals surface area contributed by atoms with Crippen molar-refractivity contribution in [2.75, 3.05) is 0 Å². The second-order valence-electron chi connectivity index (χ2n) is 3.44. The number of imidazole rings is 1. The fraction of sp³-hybridized carbons (Fsp3) is 0.400. The summed E-state index contributed by atoms with van der Waals surface area (Å²) in [7, 11) is 0. The second kappa shape index (κ2) is 4.69. The van der Waals surface area contributed by atoms with Crippen LogP contribution in [0.1, 0.15) is 29.8 Å². The van der Waals surface area contributed by atoms with Crippen LogP contribution in [0.15, 0.2) is 18.7 Å². The molecule has 0 saturated carbocycles. The molecule has 1 N–H and O–H groups in total. The molecule has 0 aromatic carbocycles. The van der Waals surface area contributed by atoms with Crippen molar-refractivity contribution in [3.05, 3.63) is 30.4 Å². The molecule has 6 heteroatoms. The van der Waals surface area contributed by atoms with Gasteiger partial charge in [0.1, 0.15) is 12.2 Å². The van der Waals surface area contributed by atoms with E-state index < -0.39 is 0 Å². The summed E-state index contributed by atoms with van der Waals surface area (Å²) in [6, 6.07) is 0. The van der Waals surface area contributed by atoms with Gasteiger partial charge in [0.2, 0.25) is 5.78 Å². The van der Waals surface area contributed by atoms with Gasteiger partial charge in [0.05, 0.1) is 6.42 Å². The van der Waals surface area contributed by atoms with Crippen LogP contribution in [0.2, 0.25) is 0 Å². The third-order valence-electron chi connectivity index (χ3n) is 2.21. The van der Waals surface area contributed by atoms with Crippen molar-refractivity contribution in [1.29, 1.82) is 0 Å². The summed E-state index contributed by atoms with van der Waals surface area (Å²) < 4.78 is 1.75. The number of rotatable bonds is 5. The Morgan fingerprint density at radius 3 is 3.06 bits per heavy atom. The number of aromatic amines is 1. The first-order valence-electron chi connectivity index (χ1n) is 5.20. The Bertz CT molecular complexity index is 459. The quantitative estimate of drug-likeness (QED) is 0.756. The highest BCUT2D eigenvalue weighted by atomic mass is 16.1. The monoisotopic (exact) mass is 219 g/mol.